The molecule has 92 valence electrons. The maximum Gasteiger partial charge on any atom is 0.0925 e. The summed E-state index contributed by atoms with van der Waals surface area (Å²) in [6.07, 6.45) is 5.35. The van der Waals surface area contributed by atoms with Crippen LogP contribution in [-0.4, -0.2) is 29.0 Å². The summed E-state index contributed by atoms with van der Waals surface area (Å²) in [6.45, 7) is 5.49. The van der Waals surface area contributed by atoms with Gasteiger partial charge in [0, 0.05) is 23.7 Å². The Morgan fingerprint density at radius 2 is 2.19 bits per heavy atom. The van der Waals surface area contributed by atoms with Gasteiger partial charge < -0.3 is 5.73 Å². The number of likely N-dealkylation sites (tertiary alicyclic amines) is 1. The minimum Gasteiger partial charge on any atom is -0.328 e. The highest BCUT2D eigenvalue weighted by molar-refractivity contribution is 7.11. The second-order valence-corrected chi connectivity index (χ2v) is 5.39. The maximum absolute atomic E-state index is 5.88. The fourth-order valence-corrected chi connectivity index (χ4v) is 2.82. The molecular weight excluding hydrogens is 242 g/mol. The number of nitrogens with zero attached hydrogens (tertiary/aromatic N) is 2. The van der Waals surface area contributed by atoms with E-state index in [0.29, 0.717) is 6.04 Å². The van der Waals surface area contributed by atoms with Crippen LogP contribution in [-0.2, 0) is 13.0 Å². The van der Waals surface area contributed by atoms with E-state index in [4.69, 9.17) is 5.73 Å². The van der Waals surface area contributed by atoms with Gasteiger partial charge in [-0.1, -0.05) is 6.92 Å². The molecule has 1 aromatic heterocycles. The minimum absolute atomic E-state index is 0. The number of hydrogen-bond acceptors (Lipinski definition) is 4. The molecule has 1 aliphatic heterocycles. The van der Waals surface area contributed by atoms with Gasteiger partial charge in [-0.05, 0) is 32.4 Å². The summed E-state index contributed by atoms with van der Waals surface area (Å²) in [5, 5.41) is 1.25. The zero-order valence-electron chi connectivity index (χ0n) is 9.69. The largest absolute Gasteiger partial charge is 0.328 e. The molecule has 0 spiro atoms. The highest BCUT2D eigenvalue weighted by Gasteiger charge is 2.16. The Morgan fingerprint density at radius 3 is 2.75 bits per heavy atom. The fraction of sp³-hybridized carbons (Fsp3) is 0.727. The monoisotopic (exact) mass is 261 g/mol. The van der Waals surface area contributed by atoms with Gasteiger partial charge in [-0.25, -0.2) is 4.98 Å². The molecule has 2 heterocycles. The SMILES string of the molecule is CCc1ncc(CN2CCC(N)CC2)s1.Cl. The van der Waals surface area contributed by atoms with Crippen LogP contribution in [0.1, 0.15) is 29.7 Å². The Morgan fingerprint density at radius 1 is 1.50 bits per heavy atom. The van der Waals surface area contributed by atoms with E-state index in [1.807, 2.05) is 17.5 Å². The topological polar surface area (TPSA) is 42.2 Å². The summed E-state index contributed by atoms with van der Waals surface area (Å²) < 4.78 is 0. The van der Waals surface area contributed by atoms with E-state index in [1.54, 1.807) is 0 Å². The van der Waals surface area contributed by atoms with Gasteiger partial charge in [0.25, 0.3) is 0 Å². The number of rotatable bonds is 3. The minimum atomic E-state index is 0. The molecule has 1 fully saturated rings. The van der Waals surface area contributed by atoms with Crippen LogP contribution >= 0.6 is 23.7 Å². The van der Waals surface area contributed by atoms with Crippen molar-refractivity contribution < 1.29 is 0 Å². The molecule has 1 aliphatic rings. The van der Waals surface area contributed by atoms with Gasteiger partial charge in [0.2, 0.25) is 0 Å². The molecule has 0 atom stereocenters. The predicted molar refractivity (Wildman–Crippen MR) is 71.2 cm³/mol. The number of thiazole rings is 1. The molecule has 0 radical (unpaired) electrons. The Balaban J connectivity index is 0.00000128. The van der Waals surface area contributed by atoms with Crippen molar-refractivity contribution in [2.24, 2.45) is 5.73 Å². The molecule has 16 heavy (non-hydrogen) atoms. The normalized spacial score (nSPS) is 18.4. The fourth-order valence-electron chi connectivity index (χ4n) is 1.92. The Labute approximate surface area is 107 Å². The summed E-state index contributed by atoms with van der Waals surface area (Å²) in [5.74, 6) is 0. The van der Waals surface area contributed by atoms with E-state index in [2.05, 4.69) is 16.8 Å². The number of aryl methyl sites for hydroxylation is 1. The van der Waals surface area contributed by atoms with Crippen molar-refractivity contribution >= 4 is 23.7 Å². The number of aromatic nitrogens is 1. The number of nitrogens with two attached hydrogens (primary N) is 1. The highest BCUT2D eigenvalue weighted by atomic mass is 35.5. The molecule has 1 saturated heterocycles. The van der Waals surface area contributed by atoms with Crippen molar-refractivity contribution in [1.29, 1.82) is 0 Å². The van der Waals surface area contributed by atoms with Crippen LogP contribution in [0.3, 0.4) is 0 Å². The van der Waals surface area contributed by atoms with E-state index in [9.17, 15) is 0 Å². The first-order chi connectivity index (χ1) is 7.28. The summed E-state index contributed by atoms with van der Waals surface area (Å²) in [6, 6.07) is 0.425. The van der Waals surface area contributed by atoms with E-state index < -0.39 is 0 Å². The van der Waals surface area contributed by atoms with Gasteiger partial charge in [-0.2, -0.15) is 0 Å². The number of halogens is 1. The molecule has 5 heteroatoms. The smallest absolute Gasteiger partial charge is 0.0925 e. The summed E-state index contributed by atoms with van der Waals surface area (Å²) in [7, 11) is 0. The van der Waals surface area contributed by atoms with Gasteiger partial charge in [0.05, 0.1) is 5.01 Å². The first kappa shape index (κ1) is 13.9. The average molecular weight is 262 g/mol. The Hall–Kier alpha value is -0.160. The predicted octanol–water partition coefficient (Wildman–Crippen LogP) is 2.05. The van der Waals surface area contributed by atoms with Gasteiger partial charge >= 0.3 is 0 Å². The van der Waals surface area contributed by atoms with Gasteiger partial charge in [-0.3, -0.25) is 4.90 Å². The third kappa shape index (κ3) is 3.70. The van der Waals surface area contributed by atoms with E-state index in [-0.39, 0.29) is 12.4 Å². The Bertz CT molecular complexity index is 308. The molecule has 2 rings (SSSR count). The quantitative estimate of drug-likeness (QED) is 0.906. The van der Waals surface area contributed by atoms with Crippen molar-refractivity contribution in [2.75, 3.05) is 13.1 Å². The summed E-state index contributed by atoms with van der Waals surface area (Å²) in [5.41, 5.74) is 5.88. The van der Waals surface area contributed by atoms with Gasteiger partial charge in [0.15, 0.2) is 0 Å². The van der Waals surface area contributed by atoms with Crippen molar-refractivity contribution in [3.8, 4) is 0 Å². The van der Waals surface area contributed by atoms with Crippen LogP contribution < -0.4 is 5.73 Å². The van der Waals surface area contributed by atoms with Crippen molar-refractivity contribution in [3.63, 3.8) is 0 Å². The summed E-state index contributed by atoms with van der Waals surface area (Å²) in [4.78, 5) is 8.26. The molecule has 0 aromatic carbocycles. The molecule has 2 N–H and O–H groups in total. The van der Waals surface area contributed by atoms with Crippen molar-refractivity contribution in [2.45, 2.75) is 38.8 Å². The molecule has 0 amide bonds. The lowest BCUT2D eigenvalue weighted by atomic mass is 10.1. The molecule has 3 nitrogen and oxygen atoms in total. The average Bonchev–Trinajstić information content (AvgIpc) is 2.69. The summed E-state index contributed by atoms with van der Waals surface area (Å²) >= 11 is 1.84. The molecule has 1 aromatic rings. The number of hydrogen-bond donors (Lipinski definition) is 1. The molecule has 0 aliphatic carbocycles. The van der Waals surface area contributed by atoms with E-state index in [1.165, 1.54) is 9.88 Å². The lowest BCUT2D eigenvalue weighted by molar-refractivity contribution is 0.207. The van der Waals surface area contributed by atoms with E-state index in [0.717, 1.165) is 38.9 Å². The molecule has 0 bridgehead atoms. The van der Waals surface area contributed by atoms with Crippen LogP contribution in [0.5, 0.6) is 0 Å². The molecular formula is C11H20ClN3S. The lowest BCUT2D eigenvalue weighted by Gasteiger charge is -2.29. The first-order valence-electron chi connectivity index (χ1n) is 5.69. The first-order valence-corrected chi connectivity index (χ1v) is 6.51. The standard InChI is InChI=1S/C11H19N3S.ClH/c1-2-11-13-7-10(15-11)8-14-5-3-9(12)4-6-14;/h7,9H,2-6,8,12H2,1H3;1H. The number of piperidine rings is 1. The van der Waals surface area contributed by atoms with Crippen LogP contribution in [0.15, 0.2) is 6.20 Å². The zero-order chi connectivity index (χ0) is 10.7. The maximum atomic E-state index is 5.88. The highest BCUT2D eigenvalue weighted by Crippen LogP contribution is 2.18. The second-order valence-electron chi connectivity index (χ2n) is 4.19. The van der Waals surface area contributed by atoms with Crippen molar-refractivity contribution in [1.82, 2.24) is 9.88 Å². The van der Waals surface area contributed by atoms with Gasteiger partial charge in [-0.15, -0.1) is 23.7 Å². The van der Waals surface area contributed by atoms with Crippen LogP contribution in [0.4, 0.5) is 0 Å². The lowest BCUT2D eigenvalue weighted by Crippen LogP contribution is -2.39. The molecule has 0 unspecified atom stereocenters. The zero-order valence-corrected chi connectivity index (χ0v) is 11.3. The third-order valence-electron chi connectivity index (χ3n) is 2.92. The van der Waals surface area contributed by atoms with Crippen LogP contribution in [0.2, 0.25) is 0 Å². The van der Waals surface area contributed by atoms with Gasteiger partial charge in [0.1, 0.15) is 0 Å². The van der Waals surface area contributed by atoms with Crippen molar-refractivity contribution in [3.05, 3.63) is 16.1 Å². The van der Waals surface area contributed by atoms with E-state index >= 15 is 0 Å². The van der Waals surface area contributed by atoms with Crippen LogP contribution in [0, 0.1) is 0 Å². The molecule has 0 saturated carbocycles. The second kappa shape index (κ2) is 6.55. The third-order valence-corrected chi connectivity index (χ3v) is 4.04. The Kier molecular flexibility index (Phi) is 5.69. The van der Waals surface area contributed by atoms with Crippen LogP contribution in [0.25, 0.3) is 0 Å².